The van der Waals surface area contributed by atoms with Crippen LogP contribution in [0.3, 0.4) is 0 Å². The van der Waals surface area contributed by atoms with Gasteiger partial charge in [-0.25, -0.2) is 10.4 Å². The number of hydrogen-bond acceptors (Lipinski definition) is 5. The van der Waals surface area contributed by atoms with Crippen LogP contribution in [0.2, 0.25) is 0 Å². The lowest BCUT2D eigenvalue weighted by molar-refractivity contribution is -0.123. The molecule has 1 aliphatic carbocycles. The molecule has 1 N–H and O–H groups in total. The summed E-state index contributed by atoms with van der Waals surface area (Å²) in [6.45, 7) is 8.18. The molecule has 0 fully saturated rings. The predicted molar refractivity (Wildman–Crippen MR) is 126 cm³/mol. The highest BCUT2D eigenvalue weighted by molar-refractivity contribution is 7.18. The van der Waals surface area contributed by atoms with Crippen LogP contribution >= 0.6 is 11.3 Å². The van der Waals surface area contributed by atoms with Gasteiger partial charge in [0.25, 0.3) is 11.5 Å². The van der Waals surface area contributed by atoms with Gasteiger partial charge in [0.2, 0.25) is 0 Å². The molecule has 6 nitrogen and oxygen atoms in total. The quantitative estimate of drug-likeness (QED) is 0.488. The van der Waals surface area contributed by atoms with Crippen LogP contribution < -0.4 is 11.0 Å². The third kappa shape index (κ3) is 4.32. The summed E-state index contributed by atoms with van der Waals surface area (Å²) in [4.78, 5) is 32.3. The van der Waals surface area contributed by atoms with Crippen molar-refractivity contribution in [3.8, 4) is 0 Å². The molecule has 0 spiro atoms. The van der Waals surface area contributed by atoms with Gasteiger partial charge in [0.15, 0.2) is 0 Å². The lowest BCUT2D eigenvalue weighted by Gasteiger charge is -2.18. The number of aromatic nitrogens is 2. The molecule has 7 heteroatoms. The molecule has 4 rings (SSSR count). The Hall–Kier alpha value is -2.80. The summed E-state index contributed by atoms with van der Waals surface area (Å²) in [5, 5.41) is 4.76. The molecule has 162 valence electrons. The summed E-state index contributed by atoms with van der Waals surface area (Å²) < 4.78 is 1.41. The van der Waals surface area contributed by atoms with Crippen LogP contribution in [0.25, 0.3) is 10.2 Å². The number of hydrazone groups is 1. The molecular formula is C24H28N4O2S. The average Bonchev–Trinajstić information content (AvgIpc) is 3.12. The second-order valence-corrected chi connectivity index (χ2v) is 10.2. The molecular weight excluding hydrogens is 408 g/mol. The van der Waals surface area contributed by atoms with Crippen LogP contribution in [0.5, 0.6) is 0 Å². The number of nitrogens with zero attached hydrogens (tertiary/aromatic N) is 3. The summed E-state index contributed by atoms with van der Waals surface area (Å²) >= 11 is 1.61. The van der Waals surface area contributed by atoms with Gasteiger partial charge in [0, 0.05) is 4.88 Å². The van der Waals surface area contributed by atoms with Gasteiger partial charge in [-0.1, -0.05) is 45.0 Å². The Kier molecular flexibility index (Phi) is 5.79. The van der Waals surface area contributed by atoms with E-state index in [2.05, 4.69) is 48.4 Å². The molecule has 0 radical (unpaired) electrons. The molecule has 2 aromatic heterocycles. The van der Waals surface area contributed by atoms with Crippen molar-refractivity contribution in [1.82, 2.24) is 15.0 Å². The Balaban J connectivity index is 1.49. The molecule has 0 saturated carbocycles. The van der Waals surface area contributed by atoms with E-state index in [1.54, 1.807) is 24.5 Å². The van der Waals surface area contributed by atoms with Crippen molar-refractivity contribution in [2.45, 2.75) is 64.8 Å². The first-order chi connectivity index (χ1) is 14.8. The van der Waals surface area contributed by atoms with E-state index in [1.807, 2.05) is 12.1 Å². The van der Waals surface area contributed by atoms with Crippen molar-refractivity contribution in [2.24, 2.45) is 5.10 Å². The van der Waals surface area contributed by atoms with Crippen LogP contribution in [0.1, 0.15) is 68.1 Å². The Morgan fingerprint density at radius 3 is 2.65 bits per heavy atom. The third-order valence-corrected chi connectivity index (χ3v) is 7.06. The van der Waals surface area contributed by atoms with Gasteiger partial charge in [0.1, 0.15) is 10.9 Å². The highest BCUT2D eigenvalue weighted by atomic mass is 32.1. The molecule has 1 unspecified atom stereocenters. The minimum absolute atomic E-state index is 0.0867. The summed E-state index contributed by atoms with van der Waals surface area (Å²) in [5.74, 6) is -0.352. The molecule has 3 aromatic rings. The predicted octanol–water partition coefficient (Wildman–Crippen LogP) is 4.35. The van der Waals surface area contributed by atoms with Crippen LogP contribution in [0, 0.1) is 0 Å². The van der Waals surface area contributed by atoms with E-state index in [9.17, 15) is 9.59 Å². The Bertz CT molecular complexity index is 1200. The van der Waals surface area contributed by atoms with Crippen molar-refractivity contribution < 1.29 is 4.79 Å². The van der Waals surface area contributed by atoms with Crippen molar-refractivity contribution in [1.29, 1.82) is 0 Å². The van der Waals surface area contributed by atoms with Gasteiger partial charge < -0.3 is 0 Å². The number of carbonyl (C=O) groups is 1. The minimum atomic E-state index is -0.705. The summed E-state index contributed by atoms with van der Waals surface area (Å²) in [7, 11) is 0. The molecule has 31 heavy (non-hydrogen) atoms. The Labute approximate surface area is 186 Å². The van der Waals surface area contributed by atoms with Crippen LogP contribution in [-0.4, -0.2) is 21.7 Å². The lowest BCUT2D eigenvalue weighted by atomic mass is 9.87. The smallest absolute Gasteiger partial charge is 0.263 e. The molecule has 0 bridgehead atoms. The second-order valence-electron chi connectivity index (χ2n) is 9.13. The number of carbonyl (C=O) groups excluding carboxylic acids is 1. The minimum Gasteiger partial charge on any atom is -0.286 e. The second kappa shape index (κ2) is 8.38. The van der Waals surface area contributed by atoms with Crippen molar-refractivity contribution in [2.75, 3.05) is 0 Å². The van der Waals surface area contributed by atoms with Crippen LogP contribution in [0.4, 0.5) is 0 Å². The fourth-order valence-corrected chi connectivity index (χ4v) is 5.11. The maximum absolute atomic E-state index is 13.1. The van der Waals surface area contributed by atoms with Gasteiger partial charge >= 0.3 is 0 Å². The van der Waals surface area contributed by atoms with E-state index in [-0.39, 0.29) is 16.9 Å². The highest BCUT2D eigenvalue weighted by Gasteiger charge is 2.23. The zero-order chi connectivity index (χ0) is 22.2. The number of benzene rings is 1. The number of amides is 1. The summed E-state index contributed by atoms with van der Waals surface area (Å²) in [6, 6.07) is 7.37. The first-order valence-electron chi connectivity index (χ1n) is 10.7. The number of hydrogen-bond donors (Lipinski definition) is 1. The fourth-order valence-electron chi connectivity index (χ4n) is 3.89. The van der Waals surface area contributed by atoms with Crippen LogP contribution in [0.15, 0.2) is 40.5 Å². The number of fused-ring (bicyclic) bond motifs is 3. The normalized spacial score (nSPS) is 15.2. The fraction of sp³-hybridized carbons (Fsp3) is 0.417. The monoisotopic (exact) mass is 436 g/mol. The molecule has 1 aromatic carbocycles. The van der Waals surface area contributed by atoms with E-state index < -0.39 is 6.04 Å². The standard InChI is InChI=1S/C24H28N4O2S/c1-15(21(29)27-26-13-16-9-11-17(12-10-16)24(2,3)4)28-14-25-22-20(23(28)30)18-7-5-6-8-19(18)31-22/h9-15H,5-8H2,1-4H3,(H,27,29)/b26-13-. The van der Waals surface area contributed by atoms with E-state index in [4.69, 9.17) is 0 Å². The van der Waals surface area contributed by atoms with Gasteiger partial charge in [-0.05, 0) is 54.7 Å². The first kappa shape index (κ1) is 21.4. The van der Waals surface area contributed by atoms with Crippen molar-refractivity contribution in [3.63, 3.8) is 0 Å². The molecule has 1 atom stereocenters. The lowest BCUT2D eigenvalue weighted by Crippen LogP contribution is -2.34. The topological polar surface area (TPSA) is 76.3 Å². The summed E-state index contributed by atoms with van der Waals surface area (Å²) in [5.41, 5.74) is 5.75. The van der Waals surface area contributed by atoms with Gasteiger partial charge in [0.05, 0.1) is 17.9 Å². The number of thiophene rings is 1. The third-order valence-electron chi connectivity index (χ3n) is 5.86. The van der Waals surface area contributed by atoms with Crippen LogP contribution in [-0.2, 0) is 23.1 Å². The largest absolute Gasteiger partial charge is 0.286 e. The number of aryl methyl sites for hydroxylation is 2. The van der Waals surface area contributed by atoms with Crippen molar-refractivity contribution in [3.05, 3.63) is 62.5 Å². The van der Waals surface area contributed by atoms with E-state index >= 15 is 0 Å². The van der Waals surface area contributed by atoms with Gasteiger partial charge in [-0.2, -0.15) is 5.10 Å². The van der Waals surface area contributed by atoms with E-state index in [1.165, 1.54) is 21.3 Å². The Morgan fingerprint density at radius 2 is 1.94 bits per heavy atom. The zero-order valence-corrected chi connectivity index (χ0v) is 19.3. The average molecular weight is 437 g/mol. The SMILES string of the molecule is CC(C(=O)N/N=C\c1ccc(C(C)(C)C)cc1)n1cnc2sc3c(c2c1=O)CCCC3. The number of rotatable bonds is 4. The molecule has 0 aliphatic heterocycles. The molecule has 2 heterocycles. The molecule has 1 aliphatic rings. The Morgan fingerprint density at radius 1 is 1.23 bits per heavy atom. The highest BCUT2D eigenvalue weighted by Crippen LogP contribution is 2.33. The first-order valence-corrected chi connectivity index (χ1v) is 11.5. The molecule has 1 amide bonds. The molecule has 0 saturated heterocycles. The van der Waals surface area contributed by atoms with Gasteiger partial charge in [-0.15, -0.1) is 11.3 Å². The summed E-state index contributed by atoms with van der Waals surface area (Å²) in [6.07, 6.45) is 7.26. The van der Waals surface area contributed by atoms with E-state index in [0.29, 0.717) is 5.39 Å². The van der Waals surface area contributed by atoms with Crippen molar-refractivity contribution >= 4 is 33.7 Å². The zero-order valence-electron chi connectivity index (χ0n) is 18.4. The van der Waals surface area contributed by atoms with Gasteiger partial charge in [-0.3, -0.25) is 14.2 Å². The maximum atomic E-state index is 13.1. The maximum Gasteiger partial charge on any atom is 0.263 e. The van der Waals surface area contributed by atoms with E-state index in [0.717, 1.165) is 41.6 Å². The number of nitrogens with one attached hydrogen (secondary N) is 1.